The Morgan fingerprint density at radius 2 is 0.717 bits per heavy atom. The zero-order valence-electron chi connectivity index (χ0n) is 31.6. The van der Waals surface area contributed by atoms with Gasteiger partial charge in [0.15, 0.2) is 0 Å². The second-order valence-corrected chi connectivity index (χ2v) is 14.4. The minimum absolute atomic E-state index is 0.163. The fourth-order valence-corrected chi connectivity index (χ4v) is 6.51. The largest absolute Gasteiger partial charge is 0.457 e. The lowest BCUT2D eigenvalue weighted by molar-refractivity contribution is -0.154. The van der Waals surface area contributed by atoms with Gasteiger partial charge in [0.2, 0.25) is 0 Å². The predicted molar refractivity (Wildman–Crippen MR) is 201 cm³/mol. The lowest BCUT2D eigenvalue weighted by atomic mass is 10.0. The van der Waals surface area contributed by atoms with Crippen LogP contribution < -0.4 is 0 Å². The molecule has 1 atom stereocenters. The Bertz CT molecular complexity index is 566. The lowest BCUT2D eigenvalue weighted by Crippen LogP contribution is -2.27. The molecule has 0 rings (SSSR count). The Balaban J connectivity index is 3.31. The van der Waals surface area contributed by atoms with Gasteiger partial charge in [0, 0.05) is 13.0 Å². The van der Waals surface area contributed by atoms with E-state index in [-0.39, 0.29) is 12.6 Å². The quantitative estimate of drug-likeness (QED) is 0.0528. The van der Waals surface area contributed by atoms with Gasteiger partial charge in [-0.2, -0.15) is 0 Å². The molecule has 0 aliphatic heterocycles. The maximum Gasteiger partial charge on any atom is 0.306 e. The third kappa shape index (κ3) is 37.8. The smallest absolute Gasteiger partial charge is 0.306 e. The molecule has 0 radical (unpaired) electrons. The highest BCUT2D eigenvalue weighted by atomic mass is 16.6. The summed E-state index contributed by atoms with van der Waals surface area (Å²) in [6.45, 7) is 5.39. The Labute approximate surface area is 289 Å². The Morgan fingerprint density at radius 3 is 1.02 bits per heavy atom. The molecule has 0 aliphatic carbocycles. The van der Waals surface area contributed by atoms with Crippen LogP contribution >= 0.6 is 0 Å². The monoisotopic (exact) mass is 653 g/mol. The van der Waals surface area contributed by atoms with Crippen molar-refractivity contribution in [3.63, 3.8) is 0 Å². The van der Waals surface area contributed by atoms with Gasteiger partial charge in [-0.05, 0) is 12.8 Å². The summed E-state index contributed by atoms with van der Waals surface area (Å²) in [4.78, 5) is 12.1. The Kier molecular flexibility index (Phi) is 40.0. The maximum atomic E-state index is 12.1. The summed E-state index contributed by atoms with van der Waals surface area (Å²) in [5, 5.41) is 9.57. The number of aliphatic hydroxyl groups is 1. The van der Waals surface area contributed by atoms with Crippen molar-refractivity contribution in [1.29, 1.82) is 0 Å². The molecule has 1 N–H and O–H groups in total. The second kappa shape index (κ2) is 40.6. The number of ether oxygens (including phenoxy) is 2. The third-order valence-electron chi connectivity index (χ3n) is 9.68. The molecule has 46 heavy (non-hydrogen) atoms. The third-order valence-corrected chi connectivity index (χ3v) is 9.68. The molecule has 0 aromatic carbocycles. The van der Waals surface area contributed by atoms with Crippen molar-refractivity contribution in [1.82, 2.24) is 0 Å². The highest BCUT2D eigenvalue weighted by Crippen LogP contribution is 2.16. The van der Waals surface area contributed by atoms with Crippen LogP contribution in [0.15, 0.2) is 0 Å². The van der Waals surface area contributed by atoms with E-state index in [1.54, 1.807) is 0 Å². The van der Waals surface area contributed by atoms with E-state index in [9.17, 15) is 9.90 Å². The van der Waals surface area contributed by atoms with Crippen LogP contribution in [0.1, 0.15) is 239 Å². The standard InChI is InChI=1S/C42H84O4/c1-3-5-7-9-11-13-15-16-17-18-19-20-21-22-23-24-25-26-28-30-32-34-36-38-45-40-41(39-43)46-42(44)37-35-33-31-29-27-14-12-10-8-6-4-2/h41,43H,3-40H2,1-2H3. The predicted octanol–water partition coefficient (Wildman–Crippen LogP) is 13.6. The summed E-state index contributed by atoms with van der Waals surface area (Å²) in [5.74, 6) is -0.196. The van der Waals surface area contributed by atoms with Gasteiger partial charge in [0.05, 0.1) is 13.2 Å². The summed E-state index contributed by atoms with van der Waals surface area (Å²) < 4.78 is 11.1. The molecular formula is C42H84O4. The van der Waals surface area contributed by atoms with E-state index in [2.05, 4.69) is 13.8 Å². The van der Waals surface area contributed by atoms with Crippen LogP contribution in [0.4, 0.5) is 0 Å². The van der Waals surface area contributed by atoms with Crippen LogP contribution in [0.25, 0.3) is 0 Å². The molecule has 0 heterocycles. The molecule has 0 aromatic heterocycles. The number of aliphatic hydroxyl groups excluding tert-OH is 1. The highest BCUT2D eigenvalue weighted by molar-refractivity contribution is 5.69. The summed E-state index contributed by atoms with van der Waals surface area (Å²) in [6.07, 6.45) is 46.0. The van der Waals surface area contributed by atoms with Crippen molar-refractivity contribution in [2.24, 2.45) is 0 Å². The van der Waals surface area contributed by atoms with Gasteiger partial charge in [0.25, 0.3) is 0 Å². The van der Waals surface area contributed by atoms with Gasteiger partial charge in [-0.3, -0.25) is 4.79 Å². The summed E-state index contributed by atoms with van der Waals surface area (Å²) in [6, 6.07) is 0. The average Bonchev–Trinajstić information content (AvgIpc) is 3.06. The fraction of sp³-hybridized carbons (Fsp3) is 0.976. The van der Waals surface area contributed by atoms with E-state index in [1.807, 2.05) is 0 Å². The molecule has 0 aliphatic rings. The Morgan fingerprint density at radius 1 is 0.435 bits per heavy atom. The van der Waals surface area contributed by atoms with Crippen molar-refractivity contribution >= 4 is 5.97 Å². The SMILES string of the molecule is CCCCCCCCCCCCCCCCCCCCCCCCCOCC(CO)OC(=O)CCCCCCCCCCCCC. The molecule has 0 saturated carbocycles. The number of rotatable bonds is 40. The average molecular weight is 653 g/mol. The van der Waals surface area contributed by atoms with E-state index in [0.29, 0.717) is 19.6 Å². The summed E-state index contributed by atoms with van der Waals surface area (Å²) in [5.41, 5.74) is 0. The number of carbonyl (C=O) groups is 1. The first-order chi connectivity index (χ1) is 22.7. The maximum absolute atomic E-state index is 12.1. The summed E-state index contributed by atoms with van der Waals surface area (Å²) in [7, 11) is 0. The normalized spacial score (nSPS) is 12.2. The van der Waals surface area contributed by atoms with E-state index < -0.39 is 6.10 Å². The first-order valence-corrected chi connectivity index (χ1v) is 21.1. The minimum Gasteiger partial charge on any atom is -0.457 e. The fourth-order valence-electron chi connectivity index (χ4n) is 6.51. The number of unbranched alkanes of at least 4 members (excludes halogenated alkanes) is 32. The van der Waals surface area contributed by atoms with Crippen molar-refractivity contribution in [2.45, 2.75) is 245 Å². The van der Waals surface area contributed by atoms with Gasteiger partial charge in [-0.25, -0.2) is 0 Å². The van der Waals surface area contributed by atoms with Crippen LogP contribution in [-0.2, 0) is 14.3 Å². The molecule has 0 bridgehead atoms. The van der Waals surface area contributed by atoms with E-state index in [1.165, 1.54) is 199 Å². The van der Waals surface area contributed by atoms with Crippen molar-refractivity contribution in [3.8, 4) is 0 Å². The molecule has 0 aromatic rings. The van der Waals surface area contributed by atoms with Crippen LogP contribution in [-0.4, -0.2) is 37.0 Å². The minimum atomic E-state index is -0.523. The number of carbonyl (C=O) groups excluding carboxylic acids is 1. The first kappa shape index (κ1) is 45.4. The van der Waals surface area contributed by atoms with Crippen LogP contribution in [0, 0.1) is 0 Å². The Hall–Kier alpha value is -0.610. The second-order valence-electron chi connectivity index (χ2n) is 14.4. The first-order valence-electron chi connectivity index (χ1n) is 21.1. The molecule has 0 spiro atoms. The molecular weight excluding hydrogens is 568 g/mol. The van der Waals surface area contributed by atoms with Crippen molar-refractivity contribution in [3.05, 3.63) is 0 Å². The topological polar surface area (TPSA) is 55.8 Å². The van der Waals surface area contributed by atoms with Gasteiger partial charge in [-0.1, -0.05) is 219 Å². The number of hydrogen-bond donors (Lipinski definition) is 1. The molecule has 0 amide bonds. The molecule has 1 unspecified atom stereocenters. The van der Waals surface area contributed by atoms with Crippen molar-refractivity contribution in [2.75, 3.05) is 19.8 Å². The molecule has 0 fully saturated rings. The zero-order valence-corrected chi connectivity index (χ0v) is 31.6. The van der Waals surface area contributed by atoms with Crippen LogP contribution in [0.2, 0.25) is 0 Å². The molecule has 4 heteroatoms. The van der Waals surface area contributed by atoms with Gasteiger partial charge >= 0.3 is 5.97 Å². The molecule has 0 saturated heterocycles. The molecule has 276 valence electrons. The molecule has 4 nitrogen and oxygen atoms in total. The van der Waals surface area contributed by atoms with E-state index >= 15 is 0 Å². The van der Waals surface area contributed by atoms with Gasteiger partial charge in [0.1, 0.15) is 6.10 Å². The van der Waals surface area contributed by atoms with Crippen LogP contribution in [0.3, 0.4) is 0 Å². The lowest BCUT2D eigenvalue weighted by Gasteiger charge is -2.16. The van der Waals surface area contributed by atoms with Crippen molar-refractivity contribution < 1.29 is 19.4 Å². The van der Waals surface area contributed by atoms with Gasteiger partial charge in [-0.15, -0.1) is 0 Å². The number of esters is 1. The highest BCUT2D eigenvalue weighted by Gasteiger charge is 2.13. The number of hydrogen-bond acceptors (Lipinski definition) is 4. The van der Waals surface area contributed by atoms with E-state index in [0.717, 1.165) is 19.3 Å². The van der Waals surface area contributed by atoms with Gasteiger partial charge < -0.3 is 14.6 Å². The van der Waals surface area contributed by atoms with Crippen LogP contribution in [0.5, 0.6) is 0 Å². The zero-order chi connectivity index (χ0) is 33.4. The summed E-state index contributed by atoms with van der Waals surface area (Å²) >= 11 is 0. The van der Waals surface area contributed by atoms with E-state index in [4.69, 9.17) is 9.47 Å².